The molecule has 0 radical (unpaired) electrons. The summed E-state index contributed by atoms with van der Waals surface area (Å²) >= 11 is 0. The quantitative estimate of drug-likeness (QED) is 0.127. The van der Waals surface area contributed by atoms with E-state index >= 15 is 0 Å². The first-order valence-corrected chi connectivity index (χ1v) is 26.4. The molecule has 2 saturated carbocycles. The summed E-state index contributed by atoms with van der Waals surface area (Å²) in [5, 5.41) is 0. The number of nitrogens with zero attached hydrogens (tertiary/aromatic N) is 2. The first kappa shape index (κ1) is 44.7. The van der Waals surface area contributed by atoms with Crippen molar-refractivity contribution in [3.63, 3.8) is 0 Å². The highest BCUT2D eigenvalue weighted by atomic mass is 15.1. The van der Waals surface area contributed by atoms with Crippen molar-refractivity contribution in [3.8, 4) is 55.6 Å². The third-order valence-corrected chi connectivity index (χ3v) is 16.7. The van der Waals surface area contributed by atoms with Crippen LogP contribution in [0.25, 0.3) is 55.6 Å². The zero-order valence-corrected chi connectivity index (χ0v) is 42.0. The summed E-state index contributed by atoms with van der Waals surface area (Å²) in [5.74, 6) is 2.41. The molecule has 2 bridgehead atoms. The number of hydrogen-bond acceptors (Lipinski definition) is 2. The molecule has 0 N–H and O–H groups in total. The second-order valence-corrected chi connectivity index (χ2v) is 21.3. The third kappa shape index (κ3) is 8.07. The molecule has 2 nitrogen and oxygen atoms in total. The van der Waals surface area contributed by atoms with Gasteiger partial charge in [0.15, 0.2) is 0 Å². The zero-order valence-electron chi connectivity index (χ0n) is 42.0. The minimum Gasteiger partial charge on any atom is -0.310 e. The molecule has 0 heterocycles. The van der Waals surface area contributed by atoms with Crippen molar-refractivity contribution in [1.82, 2.24) is 0 Å². The second-order valence-electron chi connectivity index (χ2n) is 21.3. The molecule has 10 aromatic rings. The van der Waals surface area contributed by atoms with Gasteiger partial charge in [0.25, 0.3) is 0 Å². The average molecular weight is 941 g/mol. The van der Waals surface area contributed by atoms with Crippen LogP contribution >= 0.6 is 0 Å². The van der Waals surface area contributed by atoms with Crippen molar-refractivity contribution in [2.24, 2.45) is 11.8 Å². The highest BCUT2D eigenvalue weighted by Gasteiger charge is 2.40. The predicted octanol–water partition coefficient (Wildman–Crippen LogP) is 19.8. The van der Waals surface area contributed by atoms with Gasteiger partial charge in [0.05, 0.1) is 0 Å². The van der Waals surface area contributed by atoms with Gasteiger partial charge in [-0.15, -0.1) is 0 Å². The first-order valence-electron chi connectivity index (χ1n) is 26.4. The molecule has 3 atom stereocenters. The Labute approximate surface area is 431 Å². The van der Waals surface area contributed by atoms with Gasteiger partial charge >= 0.3 is 0 Å². The van der Waals surface area contributed by atoms with Crippen molar-refractivity contribution in [2.75, 3.05) is 9.80 Å². The fraction of sp³-hybridized carbons (Fsp3) is 0.155. The molecule has 10 aromatic carbocycles. The van der Waals surface area contributed by atoms with E-state index in [2.05, 4.69) is 273 Å². The highest BCUT2D eigenvalue weighted by Crippen LogP contribution is 2.55. The van der Waals surface area contributed by atoms with Crippen LogP contribution < -0.4 is 9.80 Å². The van der Waals surface area contributed by atoms with Crippen LogP contribution in [0, 0.1) is 18.8 Å². The fourth-order valence-corrected chi connectivity index (χ4v) is 13.1. The summed E-state index contributed by atoms with van der Waals surface area (Å²) in [6.45, 7) is 6.98. The Bertz CT molecular complexity index is 3600. The summed E-state index contributed by atoms with van der Waals surface area (Å²) in [6, 6.07) is 90.2. The molecular weight excluding hydrogens is 881 g/mol. The smallest absolute Gasteiger partial charge is 0.0465 e. The molecule has 2 fully saturated rings. The normalized spacial score (nSPS) is 17.0. The molecular formula is C71H60N2. The zero-order chi connectivity index (χ0) is 49.0. The van der Waals surface area contributed by atoms with E-state index in [9.17, 15) is 0 Å². The number of para-hydroxylation sites is 2. The lowest BCUT2D eigenvalue weighted by atomic mass is 9.82. The molecule has 0 aliphatic heterocycles. The number of aryl methyl sites for hydroxylation is 1. The van der Waals surface area contributed by atoms with Crippen LogP contribution in [0.1, 0.15) is 67.7 Å². The third-order valence-electron chi connectivity index (χ3n) is 16.7. The van der Waals surface area contributed by atoms with E-state index in [0.29, 0.717) is 5.92 Å². The molecule has 0 amide bonds. The fourth-order valence-electron chi connectivity index (χ4n) is 13.1. The number of fused-ring (bicyclic) bond motifs is 5. The van der Waals surface area contributed by atoms with Gasteiger partial charge in [-0.1, -0.05) is 178 Å². The summed E-state index contributed by atoms with van der Waals surface area (Å²) in [5.41, 5.74) is 24.7. The summed E-state index contributed by atoms with van der Waals surface area (Å²) in [6.07, 6.45) is 5.54. The minimum atomic E-state index is -0.111. The molecule has 354 valence electrons. The second kappa shape index (κ2) is 18.4. The minimum absolute atomic E-state index is 0.111. The van der Waals surface area contributed by atoms with Crippen molar-refractivity contribution in [2.45, 2.75) is 57.8 Å². The van der Waals surface area contributed by atoms with Gasteiger partial charge in [0, 0.05) is 39.5 Å². The average Bonchev–Trinajstić information content (AvgIpc) is 4.15. The van der Waals surface area contributed by atoms with Crippen molar-refractivity contribution >= 4 is 34.1 Å². The molecule has 3 unspecified atom stereocenters. The molecule has 0 aromatic heterocycles. The van der Waals surface area contributed by atoms with Crippen LogP contribution in [0.3, 0.4) is 0 Å². The Hall–Kier alpha value is -8.20. The van der Waals surface area contributed by atoms with Crippen LogP contribution in [-0.4, -0.2) is 0 Å². The van der Waals surface area contributed by atoms with Crippen LogP contribution in [-0.2, 0) is 5.41 Å². The molecule has 13 rings (SSSR count). The van der Waals surface area contributed by atoms with Gasteiger partial charge in [0.2, 0.25) is 0 Å². The van der Waals surface area contributed by atoms with E-state index in [0.717, 1.165) is 40.3 Å². The predicted molar refractivity (Wildman–Crippen MR) is 308 cm³/mol. The maximum atomic E-state index is 2.48. The molecule has 73 heavy (non-hydrogen) atoms. The van der Waals surface area contributed by atoms with Crippen molar-refractivity contribution in [3.05, 3.63) is 265 Å². The van der Waals surface area contributed by atoms with Gasteiger partial charge in [-0.25, -0.2) is 0 Å². The number of anilines is 6. The van der Waals surface area contributed by atoms with Gasteiger partial charge in [-0.3, -0.25) is 0 Å². The van der Waals surface area contributed by atoms with Crippen molar-refractivity contribution in [1.29, 1.82) is 0 Å². The van der Waals surface area contributed by atoms with Gasteiger partial charge in [0.1, 0.15) is 0 Å². The van der Waals surface area contributed by atoms with E-state index in [1.165, 1.54) is 109 Å². The molecule has 3 aliphatic rings. The highest BCUT2D eigenvalue weighted by molar-refractivity contribution is 5.96. The van der Waals surface area contributed by atoms with Crippen LogP contribution in [0.4, 0.5) is 34.1 Å². The standard InChI is InChI=1S/C71H60N2/c1-48-18-16-29-68-70(48)62-41-40-61(45-69(62)71(68,2)3)73(57-26-14-7-15-27-57)59-38-34-53(35-39-59)67-47-64(50-19-8-4-9-20-50)66(46-65(67)51-21-10-5-11-22-51)52-32-36-58(37-33-52)72(56-24-12-6-13-25-56)60-28-17-23-54(44-60)63-43-49-30-31-55(63)42-49/h4-29,32-41,44-47,49,55,63H,30-31,42-43H2,1-3H3. The van der Waals surface area contributed by atoms with E-state index in [4.69, 9.17) is 0 Å². The van der Waals surface area contributed by atoms with Crippen LogP contribution in [0.2, 0.25) is 0 Å². The van der Waals surface area contributed by atoms with E-state index < -0.39 is 0 Å². The van der Waals surface area contributed by atoms with Crippen LogP contribution in [0.5, 0.6) is 0 Å². The number of rotatable bonds is 11. The number of benzene rings is 10. The Morgan fingerprint density at radius 1 is 0.356 bits per heavy atom. The Balaban J connectivity index is 0.903. The first-order chi connectivity index (χ1) is 35.9. The monoisotopic (exact) mass is 940 g/mol. The summed E-state index contributed by atoms with van der Waals surface area (Å²) in [7, 11) is 0. The van der Waals surface area contributed by atoms with E-state index in [1.807, 2.05) is 0 Å². The molecule has 0 spiro atoms. The summed E-state index contributed by atoms with van der Waals surface area (Å²) < 4.78 is 0. The summed E-state index contributed by atoms with van der Waals surface area (Å²) in [4.78, 5) is 4.84. The molecule has 3 aliphatic carbocycles. The Kier molecular flexibility index (Phi) is 11.3. The lowest BCUT2D eigenvalue weighted by Gasteiger charge is -2.28. The lowest BCUT2D eigenvalue weighted by Crippen LogP contribution is -2.16. The Morgan fingerprint density at radius 2 is 0.808 bits per heavy atom. The van der Waals surface area contributed by atoms with E-state index in [1.54, 1.807) is 0 Å². The largest absolute Gasteiger partial charge is 0.310 e. The molecule has 0 saturated heterocycles. The maximum Gasteiger partial charge on any atom is 0.0465 e. The van der Waals surface area contributed by atoms with Crippen molar-refractivity contribution < 1.29 is 0 Å². The van der Waals surface area contributed by atoms with E-state index in [-0.39, 0.29) is 5.41 Å². The SMILES string of the molecule is Cc1cccc2c1-c1ccc(N(c3ccccc3)c3ccc(-c4cc(-c5ccccc5)c(-c5ccc(N(c6ccccc6)c6cccc(C7CC8CCC7C8)c6)cc5)cc4-c4ccccc4)cc3)cc1C2(C)C. The van der Waals surface area contributed by atoms with Gasteiger partial charge in [-0.2, -0.15) is 0 Å². The number of hydrogen-bond donors (Lipinski definition) is 0. The topological polar surface area (TPSA) is 6.48 Å². The van der Waals surface area contributed by atoms with Gasteiger partial charge in [-0.05, 0) is 207 Å². The van der Waals surface area contributed by atoms with Crippen LogP contribution in [0.15, 0.2) is 243 Å². The lowest BCUT2D eigenvalue weighted by molar-refractivity contribution is 0.420. The maximum absolute atomic E-state index is 2.48. The Morgan fingerprint density at radius 3 is 1.32 bits per heavy atom. The molecule has 2 heteroatoms. The van der Waals surface area contributed by atoms with Gasteiger partial charge < -0.3 is 9.80 Å².